The van der Waals surface area contributed by atoms with Gasteiger partial charge in [-0.25, -0.2) is 0 Å². The molecule has 20 heavy (non-hydrogen) atoms. The van der Waals surface area contributed by atoms with Crippen LogP contribution in [0.15, 0.2) is 54.6 Å². The van der Waals surface area contributed by atoms with Gasteiger partial charge in [0.2, 0.25) is 5.91 Å². The van der Waals surface area contributed by atoms with E-state index in [4.69, 9.17) is 0 Å². The highest BCUT2D eigenvalue weighted by atomic mass is 16.5. The van der Waals surface area contributed by atoms with Crippen molar-refractivity contribution in [2.45, 2.75) is 19.4 Å². The van der Waals surface area contributed by atoms with E-state index in [1.54, 1.807) is 19.1 Å². The topological polar surface area (TPSA) is 63.6 Å². The Hall–Kier alpha value is -2.33. The number of rotatable bonds is 4. The molecule has 0 saturated heterocycles. The van der Waals surface area contributed by atoms with Crippen LogP contribution in [-0.4, -0.2) is 16.1 Å². The molecule has 1 atom stereocenters. The summed E-state index contributed by atoms with van der Waals surface area (Å²) in [6, 6.07) is 14.9. The van der Waals surface area contributed by atoms with Crippen molar-refractivity contribution in [2.24, 2.45) is 0 Å². The summed E-state index contributed by atoms with van der Waals surface area (Å²) in [5, 5.41) is 21.7. The van der Waals surface area contributed by atoms with E-state index in [0.29, 0.717) is 10.6 Å². The summed E-state index contributed by atoms with van der Waals surface area (Å²) < 4.78 is 0. The molecule has 0 aliphatic heterocycles. The van der Waals surface area contributed by atoms with Crippen molar-refractivity contribution in [3.63, 3.8) is 0 Å². The van der Waals surface area contributed by atoms with Crippen molar-refractivity contribution in [3.8, 4) is 5.75 Å². The molecule has 0 fully saturated rings. The van der Waals surface area contributed by atoms with Crippen LogP contribution in [0.3, 0.4) is 0 Å². The molecule has 1 amide bonds. The summed E-state index contributed by atoms with van der Waals surface area (Å²) in [5.41, 5.74) is 1.51. The highest BCUT2D eigenvalue weighted by Gasteiger charge is 2.13. The monoisotopic (exact) mass is 270 g/mol. The first kappa shape index (κ1) is 14.1. The zero-order valence-corrected chi connectivity index (χ0v) is 11.2. The standard InChI is InChI=1S/C16H16NO3/c1-12(14-5-3-2-4-6-14)17(20)16(19)11-13-7-9-15(18)10-8-13/h2-10,12,18H,11H2,1H3/q-1. The number of carbonyl (C=O) groups excluding carboxylic acids is 1. The molecule has 0 aromatic heterocycles. The minimum Gasteiger partial charge on any atom is -0.756 e. The Balaban J connectivity index is 2.03. The average Bonchev–Trinajstić information content (AvgIpc) is 2.49. The summed E-state index contributed by atoms with van der Waals surface area (Å²) in [5.74, 6) is -0.357. The molecule has 4 heteroatoms. The Labute approximate surface area is 117 Å². The number of hydrogen-bond acceptors (Lipinski definition) is 3. The first-order valence-corrected chi connectivity index (χ1v) is 6.40. The zero-order valence-electron chi connectivity index (χ0n) is 11.2. The maximum absolute atomic E-state index is 12.0. The van der Waals surface area contributed by atoms with Crippen LogP contribution in [0, 0.1) is 5.21 Å². The van der Waals surface area contributed by atoms with Gasteiger partial charge in [0.05, 0.1) is 6.42 Å². The number of carbonyl (C=O) groups is 1. The lowest BCUT2D eigenvalue weighted by molar-refractivity contribution is -0.129. The first-order chi connectivity index (χ1) is 9.58. The third-order valence-electron chi connectivity index (χ3n) is 3.17. The molecule has 2 aromatic rings. The maximum atomic E-state index is 12.0. The molecule has 1 unspecified atom stereocenters. The lowest BCUT2D eigenvalue weighted by Gasteiger charge is -2.35. The normalized spacial score (nSPS) is 11.9. The van der Waals surface area contributed by atoms with Crippen LogP contribution >= 0.6 is 0 Å². The number of hydroxylamine groups is 2. The van der Waals surface area contributed by atoms with Crippen LogP contribution < -0.4 is 0 Å². The number of benzene rings is 2. The van der Waals surface area contributed by atoms with Gasteiger partial charge in [-0.15, -0.1) is 0 Å². The van der Waals surface area contributed by atoms with Crippen molar-refractivity contribution in [3.05, 3.63) is 70.9 Å². The molecule has 0 bridgehead atoms. The number of hydrogen-bond donors (Lipinski definition) is 1. The Morgan fingerprint density at radius 1 is 1.15 bits per heavy atom. The summed E-state index contributed by atoms with van der Waals surface area (Å²) >= 11 is 0. The minimum absolute atomic E-state index is 0.0287. The van der Waals surface area contributed by atoms with Crippen LogP contribution in [0.5, 0.6) is 5.75 Å². The van der Waals surface area contributed by atoms with Gasteiger partial charge in [-0.1, -0.05) is 42.5 Å². The molecule has 2 aromatic carbocycles. The predicted molar refractivity (Wildman–Crippen MR) is 76.9 cm³/mol. The Morgan fingerprint density at radius 2 is 1.75 bits per heavy atom. The van der Waals surface area contributed by atoms with E-state index < -0.39 is 11.9 Å². The lowest BCUT2D eigenvalue weighted by atomic mass is 10.1. The van der Waals surface area contributed by atoms with Gasteiger partial charge in [0.1, 0.15) is 5.75 Å². The quantitative estimate of drug-likeness (QED) is 0.868. The van der Waals surface area contributed by atoms with Gasteiger partial charge in [0.15, 0.2) is 0 Å². The Kier molecular flexibility index (Phi) is 4.38. The summed E-state index contributed by atoms with van der Waals surface area (Å²) in [6.07, 6.45) is 0.0287. The number of phenolic OH excluding ortho intramolecular Hbond substituents is 1. The van der Waals surface area contributed by atoms with E-state index in [9.17, 15) is 15.1 Å². The van der Waals surface area contributed by atoms with E-state index >= 15 is 0 Å². The molecule has 4 nitrogen and oxygen atoms in total. The number of amides is 1. The van der Waals surface area contributed by atoms with Crippen molar-refractivity contribution in [1.29, 1.82) is 0 Å². The Bertz CT molecular complexity index is 566. The van der Waals surface area contributed by atoms with Crippen molar-refractivity contribution >= 4 is 5.91 Å². The van der Waals surface area contributed by atoms with E-state index in [2.05, 4.69) is 0 Å². The van der Waals surface area contributed by atoms with Crippen LogP contribution in [0.1, 0.15) is 24.1 Å². The molecular formula is C16H16NO3-. The second kappa shape index (κ2) is 6.21. The van der Waals surface area contributed by atoms with Crippen LogP contribution in [0.25, 0.3) is 0 Å². The molecule has 0 aliphatic rings. The second-order valence-corrected chi connectivity index (χ2v) is 4.65. The fraction of sp³-hybridized carbons (Fsp3) is 0.188. The van der Waals surface area contributed by atoms with Crippen molar-refractivity contribution in [2.75, 3.05) is 0 Å². The van der Waals surface area contributed by atoms with Gasteiger partial charge in [-0.3, -0.25) is 4.79 Å². The zero-order chi connectivity index (χ0) is 14.5. The molecule has 0 radical (unpaired) electrons. The summed E-state index contributed by atoms with van der Waals surface area (Å²) in [7, 11) is 0. The van der Waals surface area contributed by atoms with E-state index in [-0.39, 0.29) is 12.2 Å². The number of aromatic hydroxyl groups is 1. The van der Waals surface area contributed by atoms with Gasteiger partial charge >= 0.3 is 0 Å². The minimum atomic E-state index is -0.513. The fourth-order valence-electron chi connectivity index (χ4n) is 1.95. The summed E-state index contributed by atoms with van der Waals surface area (Å²) in [4.78, 5) is 12.0. The molecule has 0 heterocycles. The predicted octanol–water partition coefficient (Wildman–Crippen LogP) is 3.02. The molecule has 0 aliphatic carbocycles. The lowest BCUT2D eigenvalue weighted by Crippen LogP contribution is -2.29. The van der Waals surface area contributed by atoms with Gasteiger partial charge in [-0.2, -0.15) is 0 Å². The van der Waals surface area contributed by atoms with Crippen LogP contribution in [0.4, 0.5) is 0 Å². The largest absolute Gasteiger partial charge is 0.756 e. The van der Waals surface area contributed by atoms with Gasteiger partial charge in [0.25, 0.3) is 0 Å². The van der Waals surface area contributed by atoms with Crippen molar-refractivity contribution in [1.82, 2.24) is 5.06 Å². The van der Waals surface area contributed by atoms with Crippen LogP contribution in [0.2, 0.25) is 0 Å². The fourth-order valence-corrected chi connectivity index (χ4v) is 1.95. The first-order valence-electron chi connectivity index (χ1n) is 6.40. The SMILES string of the molecule is CC(c1ccccc1)N([O-])C(=O)Cc1ccc(O)cc1. The molecule has 1 N–H and O–H groups in total. The second-order valence-electron chi connectivity index (χ2n) is 4.65. The third-order valence-corrected chi connectivity index (χ3v) is 3.17. The Morgan fingerprint density at radius 3 is 2.35 bits per heavy atom. The molecule has 0 saturated carbocycles. The summed E-state index contributed by atoms with van der Waals surface area (Å²) in [6.45, 7) is 1.71. The van der Waals surface area contributed by atoms with Gasteiger partial charge in [-0.05, 0) is 30.2 Å². The molecule has 104 valence electrons. The third kappa shape index (κ3) is 3.36. The molecule has 0 spiro atoms. The van der Waals surface area contributed by atoms with Gasteiger partial charge in [0, 0.05) is 6.04 Å². The molecule has 2 rings (SSSR count). The van der Waals surface area contributed by atoms with Crippen molar-refractivity contribution < 1.29 is 9.90 Å². The average molecular weight is 270 g/mol. The van der Waals surface area contributed by atoms with E-state index in [1.165, 1.54) is 12.1 Å². The van der Waals surface area contributed by atoms with Gasteiger partial charge < -0.3 is 15.4 Å². The highest BCUT2D eigenvalue weighted by Crippen LogP contribution is 2.20. The number of phenols is 1. The molecular weight excluding hydrogens is 254 g/mol. The maximum Gasteiger partial charge on any atom is 0.216 e. The number of nitrogens with zero attached hydrogens (tertiary/aromatic N) is 1. The van der Waals surface area contributed by atoms with Crippen LogP contribution in [-0.2, 0) is 11.2 Å². The van der Waals surface area contributed by atoms with E-state index in [0.717, 1.165) is 5.56 Å². The highest BCUT2D eigenvalue weighted by molar-refractivity contribution is 5.79. The smallest absolute Gasteiger partial charge is 0.216 e. The van der Waals surface area contributed by atoms with E-state index in [1.807, 2.05) is 30.3 Å².